The van der Waals surface area contributed by atoms with E-state index in [0.717, 1.165) is 48.0 Å². The number of thioether (sulfide) groups is 1. The molecule has 12 heteroatoms. The summed E-state index contributed by atoms with van der Waals surface area (Å²) < 4.78 is 48.8. The van der Waals surface area contributed by atoms with Crippen molar-refractivity contribution in [3.05, 3.63) is 29.8 Å². The summed E-state index contributed by atoms with van der Waals surface area (Å²) in [6, 6.07) is 4.15. The van der Waals surface area contributed by atoms with Crippen molar-refractivity contribution in [3.8, 4) is 5.75 Å². The van der Waals surface area contributed by atoms with E-state index in [1.54, 1.807) is 0 Å². The van der Waals surface area contributed by atoms with Crippen molar-refractivity contribution in [2.75, 3.05) is 17.7 Å². The fourth-order valence-electron chi connectivity index (χ4n) is 1.68. The second-order valence-corrected chi connectivity index (χ2v) is 6.74. The lowest BCUT2D eigenvalue weighted by atomic mass is 10.2. The number of anilines is 1. The summed E-state index contributed by atoms with van der Waals surface area (Å²) >= 11 is 2.46. The van der Waals surface area contributed by atoms with Crippen molar-refractivity contribution in [2.45, 2.75) is 24.9 Å². The molecular formula is C15H14F3N3O4S2. The molecule has 0 aliphatic heterocycles. The molecule has 1 N–H and O–H groups in total. The van der Waals surface area contributed by atoms with Crippen LogP contribution in [0.2, 0.25) is 0 Å². The molecule has 146 valence electrons. The van der Waals surface area contributed by atoms with Crippen LogP contribution >= 0.6 is 23.3 Å². The second kappa shape index (κ2) is 9.55. The molecule has 2 rings (SSSR count). The second-order valence-electron chi connectivity index (χ2n) is 4.93. The summed E-state index contributed by atoms with van der Waals surface area (Å²) in [6.45, 7) is 1.45. The number of hydrogen-bond acceptors (Lipinski definition) is 8. The molecule has 0 aliphatic rings. The van der Waals surface area contributed by atoms with Crippen molar-refractivity contribution < 1.29 is 32.2 Å². The van der Waals surface area contributed by atoms with Gasteiger partial charge in [-0.05, 0) is 30.7 Å². The van der Waals surface area contributed by atoms with E-state index in [-0.39, 0.29) is 10.7 Å². The molecule has 0 aliphatic carbocycles. The first-order chi connectivity index (χ1) is 12.8. The number of carbonyl (C=O) groups is 2. The van der Waals surface area contributed by atoms with E-state index in [1.165, 1.54) is 11.8 Å². The first-order valence-corrected chi connectivity index (χ1v) is 9.32. The predicted octanol–water partition coefficient (Wildman–Crippen LogP) is 3.73. The van der Waals surface area contributed by atoms with Crippen molar-refractivity contribution in [1.82, 2.24) is 9.36 Å². The smallest absolute Gasteiger partial charge is 0.452 e. The lowest BCUT2D eigenvalue weighted by Crippen LogP contribution is -2.21. The maximum atomic E-state index is 12.1. The summed E-state index contributed by atoms with van der Waals surface area (Å²) in [5, 5.41) is 3.28. The number of rotatable bonds is 8. The Bertz CT molecular complexity index is 781. The molecule has 1 amide bonds. The minimum absolute atomic E-state index is 0.0218. The van der Waals surface area contributed by atoms with Crippen LogP contribution < -0.4 is 10.1 Å². The molecule has 0 spiro atoms. The Morgan fingerprint density at radius 1 is 1.26 bits per heavy atom. The largest absolute Gasteiger partial charge is 0.573 e. The van der Waals surface area contributed by atoms with E-state index >= 15 is 0 Å². The van der Waals surface area contributed by atoms with E-state index in [0.29, 0.717) is 5.16 Å². The molecule has 0 atom stereocenters. The van der Waals surface area contributed by atoms with Crippen molar-refractivity contribution in [1.29, 1.82) is 0 Å². The maximum Gasteiger partial charge on any atom is 0.573 e. The van der Waals surface area contributed by atoms with Gasteiger partial charge >= 0.3 is 12.3 Å². The van der Waals surface area contributed by atoms with E-state index in [4.69, 9.17) is 4.74 Å². The van der Waals surface area contributed by atoms with Gasteiger partial charge in [-0.3, -0.25) is 10.1 Å². The van der Waals surface area contributed by atoms with Gasteiger partial charge in [-0.25, -0.2) is 4.79 Å². The third-order valence-corrected chi connectivity index (χ3v) is 4.55. The van der Waals surface area contributed by atoms with Crippen LogP contribution in [0.1, 0.15) is 23.7 Å². The van der Waals surface area contributed by atoms with Crippen LogP contribution in [0.3, 0.4) is 0 Å². The Labute approximate surface area is 160 Å². The highest BCUT2D eigenvalue weighted by Gasteiger charge is 2.31. The highest BCUT2D eigenvalue weighted by atomic mass is 32.2. The number of esters is 1. The summed E-state index contributed by atoms with van der Waals surface area (Å²) in [5.41, 5.74) is -0.0218. The van der Waals surface area contributed by atoms with Gasteiger partial charge in [-0.1, -0.05) is 18.7 Å². The number of nitrogens with zero attached hydrogens (tertiary/aromatic N) is 2. The summed E-state index contributed by atoms with van der Waals surface area (Å²) in [7, 11) is 0. The highest BCUT2D eigenvalue weighted by molar-refractivity contribution is 7.99. The Morgan fingerprint density at radius 3 is 2.59 bits per heavy atom. The zero-order valence-electron chi connectivity index (χ0n) is 13.9. The number of carbonyl (C=O) groups excluding carboxylic acids is 2. The number of nitrogens with one attached hydrogen (secondary N) is 1. The van der Waals surface area contributed by atoms with E-state index < -0.39 is 30.6 Å². The van der Waals surface area contributed by atoms with Crippen LogP contribution in [0.15, 0.2) is 29.4 Å². The number of alkyl halides is 3. The molecule has 0 radical (unpaired) electrons. The van der Waals surface area contributed by atoms with Crippen LogP contribution in [-0.4, -0.2) is 40.0 Å². The van der Waals surface area contributed by atoms with E-state index in [9.17, 15) is 22.8 Å². The van der Waals surface area contributed by atoms with Crippen LogP contribution in [-0.2, 0) is 9.53 Å². The fourth-order valence-corrected chi connectivity index (χ4v) is 3.09. The average molecular weight is 421 g/mol. The van der Waals surface area contributed by atoms with Gasteiger partial charge in [-0.15, -0.1) is 13.2 Å². The average Bonchev–Trinajstić information content (AvgIpc) is 3.04. The molecule has 2 aromatic rings. The zero-order valence-corrected chi connectivity index (χ0v) is 15.5. The number of hydrogen-bond donors (Lipinski definition) is 1. The number of amides is 1. The molecular weight excluding hydrogens is 407 g/mol. The molecule has 1 aromatic carbocycles. The van der Waals surface area contributed by atoms with Crippen LogP contribution in [0, 0.1) is 0 Å². The number of halogens is 3. The SMILES string of the molecule is CCCSc1nsc(NC(=O)COC(=O)c2ccc(OC(F)(F)F)cc2)n1. The lowest BCUT2D eigenvalue weighted by Gasteiger charge is -2.09. The third kappa shape index (κ3) is 7.43. The Kier molecular flexibility index (Phi) is 7.42. The van der Waals surface area contributed by atoms with E-state index in [1.807, 2.05) is 6.92 Å². The standard InChI is InChI=1S/C15H14F3N3O4S2/c1-2-7-26-14-20-13(27-21-14)19-11(22)8-24-12(23)9-3-5-10(6-4-9)25-15(16,17)18/h3-6H,2,7-8H2,1H3,(H,19,20,21,22). The Hall–Kier alpha value is -2.34. The zero-order chi connectivity index (χ0) is 19.9. The van der Waals surface area contributed by atoms with Gasteiger partial charge < -0.3 is 9.47 Å². The number of ether oxygens (including phenoxy) is 2. The minimum atomic E-state index is -4.82. The minimum Gasteiger partial charge on any atom is -0.452 e. The Balaban J connectivity index is 1.80. The topological polar surface area (TPSA) is 90.4 Å². The van der Waals surface area contributed by atoms with Gasteiger partial charge in [0.15, 0.2) is 6.61 Å². The van der Waals surface area contributed by atoms with Crippen molar-refractivity contribution >= 4 is 40.3 Å². The van der Waals surface area contributed by atoms with Gasteiger partial charge in [0.2, 0.25) is 10.3 Å². The number of benzene rings is 1. The van der Waals surface area contributed by atoms with Gasteiger partial charge in [0, 0.05) is 17.3 Å². The van der Waals surface area contributed by atoms with Crippen LogP contribution in [0.4, 0.5) is 18.3 Å². The maximum absolute atomic E-state index is 12.1. The fraction of sp³-hybridized carbons (Fsp3) is 0.333. The first-order valence-electron chi connectivity index (χ1n) is 7.56. The quantitative estimate of drug-likeness (QED) is 0.513. The van der Waals surface area contributed by atoms with Crippen molar-refractivity contribution in [2.24, 2.45) is 0 Å². The monoisotopic (exact) mass is 421 g/mol. The van der Waals surface area contributed by atoms with Gasteiger partial charge in [-0.2, -0.15) is 9.36 Å². The molecule has 7 nitrogen and oxygen atoms in total. The van der Waals surface area contributed by atoms with Crippen molar-refractivity contribution in [3.63, 3.8) is 0 Å². The summed E-state index contributed by atoms with van der Waals surface area (Å²) in [4.78, 5) is 27.7. The molecule has 0 fully saturated rings. The van der Waals surface area contributed by atoms with Crippen LogP contribution in [0.5, 0.6) is 5.75 Å². The Morgan fingerprint density at radius 2 is 1.96 bits per heavy atom. The third-order valence-electron chi connectivity index (χ3n) is 2.75. The van der Waals surface area contributed by atoms with E-state index in [2.05, 4.69) is 19.4 Å². The normalized spacial score (nSPS) is 11.1. The molecule has 1 aromatic heterocycles. The molecule has 0 saturated heterocycles. The molecule has 0 saturated carbocycles. The highest BCUT2D eigenvalue weighted by Crippen LogP contribution is 2.23. The number of aromatic nitrogens is 2. The summed E-state index contributed by atoms with van der Waals surface area (Å²) in [5.74, 6) is -1.08. The molecule has 1 heterocycles. The van der Waals surface area contributed by atoms with Gasteiger partial charge in [0.1, 0.15) is 5.75 Å². The van der Waals surface area contributed by atoms with Crippen LogP contribution in [0.25, 0.3) is 0 Å². The molecule has 0 bridgehead atoms. The first kappa shape index (κ1) is 21.0. The summed E-state index contributed by atoms with van der Waals surface area (Å²) in [6.07, 6.45) is -3.86. The molecule has 27 heavy (non-hydrogen) atoms. The molecule has 0 unspecified atom stereocenters. The van der Waals surface area contributed by atoms with Gasteiger partial charge in [0.25, 0.3) is 5.91 Å². The lowest BCUT2D eigenvalue weighted by molar-refractivity contribution is -0.274. The predicted molar refractivity (Wildman–Crippen MR) is 93.0 cm³/mol. The van der Waals surface area contributed by atoms with Gasteiger partial charge in [0.05, 0.1) is 5.56 Å².